The van der Waals surface area contributed by atoms with Crippen LogP contribution in [-0.2, 0) is 21.2 Å². The lowest BCUT2D eigenvalue weighted by molar-refractivity contribution is -0.117. The molecule has 7 heteroatoms. The molecule has 1 aromatic carbocycles. The van der Waals surface area contributed by atoms with Crippen molar-refractivity contribution < 1.29 is 13.2 Å². The highest BCUT2D eigenvalue weighted by atomic mass is 32.2. The van der Waals surface area contributed by atoms with E-state index in [2.05, 4.69) is 5.32 Å². The summed E-state index contributed by atoms with van der Waals surface area (Å²) >= 11 is 1.66. The highest BCUT2D eigenvalue weighted by molar-refractivity contribution is 7.90. The monoisotopic (exact) mass is 352 g/mol. The molecular weight excluding hydrogens is 332 g/mol. The number of thiophene rings is 1. The fraction of sp³-hybridized carbons (Fsp3) is 0.312. The van der Waals surface area contributed by atoms with Crippen LogP contribution in [-0.4, -0.2) is 38.6 Å². The number of nitrogens with one attached hydrogen (secondary N) is 1. The predicted octanol–water partition coefficient (Wildman–Crippen LogP) is 2.61. The van der Waals surface area contributed by atoms with Crippen LogP contribution in [0.4, 0.5) is 5.69 Å². The minimum absolute atomic E-state index is 0.158. The van der Waals surface area contributed by atoms with Gasteiger partial charge in [0.2, 0.25) is 5.91 Å². The molecular formula is C16H20N2O3S2. The number of hydrogen-bond donors (Lipinski definition) is 1. The molecule has 0 spiro atoms. The van der Waals surface area contributed by atoms with Crippen LogP contribution >= 0.6 is 11.3 Å². The van der Waals surface area contributed by atoms with Crippen LogP contribution in [0.15, 0.2) is 46.7 Å². The van der Waals surface area contributed by atoms with Gasteiger partial charge in [0.25, 0.3) is 0 Å². The van der Waals surface area contributed by atoms with Crippen molar-refractivity contribution in [3.8, 4) is 0 Å². The van der Waals surface area contributed by atoms with E-state index in [0.717, 1.165) is 19.3 Å². The average molecular weight is 352 g/mol. The second-order valence-corrected chi connectivity index (χ2v) is 8.28. The zero-order chi connectivity index (χ0) is 16.9. The molecule has 0 aliphatic rings. The lowest BCUT2D eigenvalue weighted by atomic mass is 10.3. The van der Waals surface area contributed by atoms with E-state index in [1.165, 1.54) is 17.0 Å². The second kappa shape index (κ2) is 7.72. The summed E-state index contributed by atoms with van der Waals surface area (Å²) in [5, 5.41) is 4.77. The third-order valence-corrected chi connectivity index (χ3v) is 5.29. The largest absolute Gasteiger partial charge is 0.325 e. The van der Waals surface area contributed by atoms with Crippen molar-refractivity contribution >= 4 is 32.8 Å². The highest BCUT2D eigenvalue weighted by Gasteiger charge is 2.12. The van der Waals surface area contributed by atoms with Gasteiger partial charge in [-0.3, -0.25) is 9.69 Å². The first-order chi connectivity index (χ1) is 10.9. The molecule has 0 aliphatic heterocycles. The van der Waals surface area contributed by atoms with Crippen LogP contribution in [0.5, 0.6) is 0 Å². The van der Waals surface area contributed by atoms with Crippen molar-refractivity contribution in [3.63, 3.8) is 0 Å². The van der Waals surface area contributed by atoms with E-state index >= 15 is 0 Å². The van der Waals surface area contributed by atoms with E-state index in [4.69, 9.17) is 0 Å². The smallest absolute Gasteiger partial charge is 0.238 e. The predicted molar refractivity (Wildman–Crippen MR) is 93.5 cm³/mol. The Morgan fingerprint density at radius 1 is 1.26 bits per heavy atom. The Bertz CT molecular complexity index is 755. The number of anilines is 1. The normalized spacial score (nSPS) is 11.6. The van der Waals surface area contributed by atoms with Crippen molar-refractivity contribution in [2.24, 2.45) is 0 Å². The third-order valence-electron chi connectivity index (χ3n) is 3.32. The summed E-state index contributed by atoms with van der Waals surface area (Å²) in [6, 6.07) is 10.3. The topological polar surface area (TPSA) is 66.5 Å². The van der Waals surface area contributed by atoms with Crippen molar-refractivity contribution in [2.45, 2.75) is 18.4 Å². The van der Waals surface area contributed by atoms with E-state index < -0.39 is 9.84 Å². The summed E-state index contributed by atoms with van der Waals surface area (Å²) in [5.74, 6) is -0.158. The molecule has 0 radical (unpaired) electrons. The third kappa shape index (κ3) is 5.46. The quantitative estimate of drug-likeness (QED) is 0.832. The van der Waals surface area contributed by atoms with Gasteiger partial charge in [-0.2, -0.15) is 0 Å². The molecule has 124 valence electrons. The number of sulfone groups is 1. The Kier molecular flexibility index (Phi) is 5.92. The molecule has 0 fully saturated rings. The van der Waals surface area contributed by atoms with Crippen molar-refractivity contribution in [2.75, 3.05) is 24.7 Å². The molecule has 1 amide bonds. The first-order valence-corrected chi connectivity index (χ1v) is 10.0. The van der Waals surface area contributed by atoms with Gasteiger partial charge in [0.15, 0.2) is 9.84 Å². The molecule has 1 heterocycles. The van der Waals surface area contributed by atoms with Gasteiger partial charge in [-0.05, 0) is 36.2 Å². The van der Waals surface area contributed by atoms with Crippen LogP contribution in [0.25, 0.3) is 0 Å². The Labute approximate surface area is 140 Å². The van der Waals surface area contributed by atoms with Crippen LogP contribution in [0, 0.1) is 0 Å². The molecule has 2 rings (SSSR count). The number of likely N-dealkylation sites (N-methyl/N-ethyl adjacent to an activating group) is 1. The number of carbonyl (C=O) groups excluding carboxylic acids is 1. The Morgan fingerprint density at radius 3 is 2.65 bits per heavy atom. The van der Waals surface area contributed by atoms with Gasteiger partial charge < -0.3 is 5.32 Å². The first-order valence-electron chi connectivity index (χ1n) is 7.23. The summed E-state index contributed by atoms with van der Waals surface area (Å²) in [7, 11) is -3.28. The van der Waals surface area contributed by atoms with Gasteiger partial charge in [-0.1, -0.05) is 19.1 Å². The fourth-order valence-electron chi connectivity index (χ4n) is 2.11. The van der Waals surface area contributed by atoms with Crippen molar-refractivity contribution in [3.05, 3.63) is 46.7 Å². The van der Waals surface area contributed by atoms with E-state index in [9.17, 15) is 13.2 Å². The zero-order valence-corrected chi connectivity index (χ0v) is 14.8. The number of carbonyl (C=O) groups is 1. The summed E-state index contributed by atoms with van der Waals surface area (Å²) in [6.45, 7) is 3.75. The molecule has 0 unspecified atom stereocenters. The van der Waals surface area contributed by atoms with E-state index in [0.29, 0.717) is 5.69 Å². The van der Waals surface area contributed by atoms with Gasteiger partial charge in [0, 0.05) is 23.4 Å². The summed E-state index contributed by atoms with van der Waals surface area (Å²) in [6.07, 6.45) is 1.15. The van der Waals surface area contributed by atoms with Crippen molar-refractivity contribution in [1.29, 1.82) is 0 Å². The Hall–Kier alpha value is -1.70. The van der Waals surface area contributed by atoms with Crippen LogP contribution in [0.3, 0.4) is 0 Å². The Morgan fingerprint density at radius 2 is 2.04 bits per heavy atom. The first kappa shape index (κ1) is 17.7. The van der Waals surface area contributed by atoms with E-state index in [1.807, 2.05) is 29.3 Å². The lowest BCUT2D eigenvalue weighted by Gasteiger charge is -2.19. The molecule has 5 nitrogen and oxygen atoms in total. The minimum atomic E-state index is -3.28. The summed E-state index contributed by atoms with van der Waals surface area (Å²) < 4.78 is 23.1. The van der Waals surface area contributed by atoms with Crippen molar-refractivity contribution in [1.82, 2.24) is 4.90 Å². The fourth-order valence-corrected chi connectivity index (χ4v) is 3.52. The Balaban J connectivity index is 1.98. The zero-order valence-electron chi connectivity index (χ0n) is 13.2. The number of nitrogens with zero attached hydrogens (tertiary/aromatic N) is 1. The second-order valence-electron chi connectivity index (χ2n) is 5.23. The maximum Gasteiger partial charge on any atom is 0.238 e. The summed E-state index contributed by atoms with van der Waals surface area (Å²) in [5.41, 5.74) is 0.491. The minimum Gasteiger partial charge on any atom is -0.325 e. The molecule has 1 N–H and O–H groups in total. The molecule has 0 atom stereocenters. The SMILES string of the molecule is CCN(CC(=O)Nc1cccc(S(C)(=O)=O)c1)Cc1cccs1. The highest BCUT2D eigenvalue weighted by Crippen LogP contribution is 2.16. The summed E-state index contributed by atoms with van der Waals surface area (Å²) in [4.78, 5) is 15.6. The molecule has 0 saturated carbocycles. The lowest BCUT2D eigenvalue weighted by Crippen LogP contribution is -2.32. The molecule has 0 saturated heterocycles. The van der Waals surface area contributed by atoms with Gasteiger partial charge in [0.05, 0.1) is 11.4 Å². The van der Waals surface area contributed by atoms with Gasteiger partial charge in [-0.25, -0.2) is 8.42 Å². The standard InChI is InChI=1S/C16H20N2O3S2/c1-3-18(11-14-7-5-9-22-14)12-16(19)17-13-6-4-8-15(10-13)23(2,20)21/h4-10H,3,11-12H2,1-2H3,(H,17,19). The van der Waals surface area contributed by atoms with Gasteiger partial charge >= 0.3 is 0 Å². The average Bonchev–Trinajstić information content (AvgIpc) is 2.99. The number of rotatable bonds is 7. The van der Waals surface area contributed by atoms with Gasteiger partial charge in [-0.15, -0.1) is 11.3 Å². The maximum atomic E-state index is 12.2. The van der Waals surface area contributed by atoms with E-state index in [-0.39, 0.29) is 17.3 Å². The van der Waals surface area contributed by atoms with Crippen LogP contribution < -0.4 is 5.32 Å². The van der Waals surface area contributed by atoms with Crippen LogP contribution in [0.2, 0.25) is 0 Å². The number of benzene rings is 1. The molecule has 23 heavy (non-hydrogen) atoms. The van der Waals surface area contributed by atoms with Gasteiger partial charge in [0.1, 0.15) is 0 Å². The van der Waals surface area contributed by atoms with E-state index in [1.54, 1.807) is 23.5 Å². The van der Waals surface area contributed by atoms with Crippen LogP contribution in [0.1, 0.15) is 11.8 Å². The maximum absolute atomic E-state index is 12.2. The molecule has 2 aromatic rings. The number of hydrogen-bond acceptors (Lipinski definition) is 5. The molecule has 1 aromatic heterocycles. The molecule has 0 bridgehead atoms. The number of amides is 1. The molecule has 0 aliphatic carbocycles.